The van der Waals surface area contributed by atoms with E-state index in [0.717, 1.165) is 54.1 Å². The van der Waals surface area contributed by atoms with Crippen LogP contribution in [0.1, 0.15) is 54.8 Å². The van der Waals surface area contributed by atoms with E-state index in [0.29, 0.717) is 5.75 Å². The predicted octanol–water partition coefficient (Wildman–Crippen LogP) is 6.08. The van der Waals surface area contributed by atoms with Gasteiger partial charge in [0.1, 0.15) is 17.6 Å². The zero-order valence-corrected chi connectivity index (χ0v) is 22.2. The minimum Gasteiger partial charge on any atom is -0.497 e. The Hall–Kier alpha value is -4.13. The molecule has 5 rings (SSSR count). The molecule has 1 aliphatic carbocycles. The van der Waals surface area contributed by atoms with Gasteiger partial charge < -0.3 is 19.9 Å². The lowest BCUT2D eigenvalue weighted by atomic mass is 9.94. The first-order valence-corrected chi connectivity index (χ1v) is 13.6. The Morgan fingerprint density at radius 3 is 2.59 bits per heavy atom. The summed E-state index contributed by atoms with van der Waals surface area (Å²) in [7, 11) is 1.58. The molecule has 1 heterocycles. The number of nitrogens with one attached hydrogen (secondary N) is 2. The average molecular weight is 528 g/mol. The third kappa shape index (κ3) is 6.14. The molecule has 6 nitrogen and oxygen atoms in total. The van der Waals surface area contributed by atoms with Crippen LogP contribution in [-0.4, -0.2) is 34.8 Å². The summed E-state index contributed by atoms with van der Waals surface area (Å²) in [5.41, 5.74) is 2.72. The predicted molar refractivity (Wildman–Crippen MR) is 150 cm³/mol. The van der Waals surface area contributed by atoms with Crippen LogP contribution >= 0.6 is 0 Å². The van der Waals surface area contributed by atoms with Gasteiger partial charge in [-0.2, -0.15) is 0 Å². The number of amides is 2. The second-order valence-corrected chi connectivity index (χ2v) is 10.2. The summed E-state index contributed by atoms with van der Waals surface area (Å²) in [5, 5.41) is 4.09. The van der Waals surface area contributed by atoms with Crippen LogP contribution < -0.4 is 10.1 Å². The number of carbonyl (C=O) groups is 2. The number of hydrogen-bond acceptors (Lipinski definition) is 3. The van der Waals surface area contributed by atoms with E-state index in [2.05, 4.69) is 10.3 Å². The quantitative estimate of drug-likeness (QED) is 0.277. The Morgan fingerprint density at radius 2 is 1.79 bits per heavy atom. The minimum absolute atomic E-state index is 0.0166. The molecular formula is C32H34FN3O3. The molecule has 1 saturated carbocycles. The highest BCUT2D eigenvalue weighted by atomic mass is 19.1. The number of halogens is 1. The van der Waals surface area contributed by atoms with E-state index in [-0.39, 0.29) is 36.4 Å². The van der Waals surface area contributed by atoms with Gasteiger partial charge in [0, 0.05) is 35.2 Å². The van der Waals surface area contributed by atoms with Crippen molar-refractivity contribution in [3.63, 3.8) is 0 Å². The zero-order valence-electron chi connectivity index (χ0n) is 22.2. The Bertz CT molecular complexity index is 1440. The molecular weight excluding hydrogens is 493 g/mol. The van der Waals surface area contributed by atoms with Crippen LogP contribution in [0.5, 0.6) is 5.75 Å². The van der Waals surface area contributed by atoms with Crippen molar-refractivity contribution in [3.05, 3.63) is 102 Å². The fourth-order valence-electron chi connectivity index (χ4n) is 5.51. The molecule has 0 unspecified atom stereocenters. The van der Waals surface area contributed by atoms with Gasteiger partial charge in [-0.15, -0.1) is 0 Å². The number of aromatic nitrogens is 1. The maximum atomic E-state index is 15.3. The van der Waals surface area contributed by atoms with E-state index >= 15 is 4.39 Å². The smallest absolute Gasteiger partial charge is 0.247 e. The topological polar surface area (TPSA) is 74.4 Å². The molecule has 2 N–H and O–H groups in total. The number of aromatic amines is 1. The van der Waals surface area contributed by atoms with Gasteiger partial charge in [0.2, 0.25) is 11.8 Å². The molecule has 1 aliphatic rings. The van der Waals surface area contributed by atoms with Gasteiger partial charge >= 0.3 is 0 Å². The lowest BCUT2D eigenvalue weighted by Gasteiger charge is -2.34. The van der Waals surface area contributed by atoms with Crippen molar-refractivity contribution >= 4 is 22.7 Å². The second kappa shape index (κ2) is 12.2. The van der Waals surface area contributed by atoms with Gasteiger partial charge in [-0.25, -0.2) is 4.39 Å². The molecule has 0 bridgehead atoms. The molecule has 39 heavy (non-hydrogen) atoms. The van der Waals surface area contributed by atoms with E-state index < -0.39 is 11.9 Å². The monoisotopic (exact) mass is 527 g/mol. The van der Waals surface area contributed by atoms with Crippen molar-refractivity contribution < 1.29 is 18.7 Å². The molecule has 1 aromatic heterocycles. The number of H-pyrrole nitrogens is 1. The summed E-state index contributed by atoms with van der Waals surface area (Å²) in [5.74, 6) is -0.501. The van der Waals surface area contributed by atoms with E-state index in [1.54, 1.807) is 25.3 Å². The molecule has 1 fully saturated rings. The molecule has 4 aromatic rings. The Balaban J connectivity index is 1.54. The Labute approximate surface area is 228 Å². The molecule has 3 aromatic carbocycles. The van der Waals surface area contributed by atoms with Crippen LogP contribution in [0.25, 0.3) is 10.9 Å². The van der Waals surface area contributed by atoms with Gasteiger partial charge in [0.05, 0.1) is 13.5 Å². The normalized spacial score (nSPS) is 14.6. The second-order valence-electron chi connectivity index (χ2n) is 10.2. The standard InChI is InChI=1S/C32H34FN3O3/c1-39-25-13-9-10-22(18-25)21-36(30(37)19-23-20-34-29-17-8-6-14-26(23)29)31(27-15-5-7-16-28(27)33)32(38)35-24-11-3-2-4-12-24/h5-10,13-18,20,24,31,34H,2-4,11-12,19,21H2,1H3,(H,35,38)/t31-/m0/s1. The van der Waals surface area contributed by atoms with Crippen LogP contribution in [-0.2, 0) is 22.6 Å². The number of nitrogens with zero attached hydrogens (tertiary/aromatic N) is 1. The first-order chi connectivity index (χ1) is 19.0. The molecule has 202 valence electrons. The summed E-state index contributed by atoms with van der Waals surface area (Å²) in [6.07, 6.45) is 6.89. The number of rotatable bonds is 9. The number of hydrogen-bond donors (Lipinski definition) is 2. The number of ether oxygens (including phenoxy) is 1. The lowest BCUT2D eigenvalue weighted by Crippen LogP contribution is -2.47. The highest BCUT2D eigenvalue weighted by Crippen LogP contribution is 2.30. The lowest BCUT2D eigenvalue weighted by molar-refractivity contribution is -0.141. The Kier molecular flexibility index (Phi) is 8.25. The van der Waals surface area contributed by atoms with Gasteiger partial charge in [0.25, 0.3) is 0 Å². The molecule has 1 atom stereocenters. The van der Waals surface area contributed by atoms with Crippen molar-refractivity contribution in [3.8, 4) is 5.75 Å². The molecule has 0 aliphatic heterocycles. The largest absolute Gasteiger partial charge is 0.497 e. The summed E-state index contributed by atoms with van der Waals surface area (Å²) >= 11 is 0. The number of fused-ring (bicyclic) bond motifs is 1. The number of benzene rings is 3. The van der Waals surface area contributed by atoms with Gasteiger partial charge in [-0.1, -0.05) is 67.8 Å². The molecule has 2 amide bonds. The Morgan fingerprint density at radius 1 is 1.03 bits per heavy atom. The van der Waals surface area contributed by atoms with Crippen LogP contribution in [0.15, 0.2) is 79.0 Å². The van der Waals surface area contributed by atoms with Crippen molar-refractivity contribution in [2.45, 2.75) is 57.2 Å². The van der Waals surface area contributed by atoms with Crippen molar-refractivity contribution in [1.82, 2.24) is 15.2 Å². The fraction of sp³-hybridized carbons (Fsp3) is 0.312. The first kappa shape index (κ1) is 26.5. The van der Waals surface area contributed by atoms with Crippen LogP contribution in [0.3, 0.4) is 0 Å². The number of methoxy groups -OCH3 is 1. The summed E-state index contributed by atoms with van der Waals surface area (Å²) < 4.78 is 20.7. The van der Waals surface area contributed by atoms with Crippen molar-refractivity contribution in [2.24, 2.45) is 0 Å². The molecule has 0 spiro atoms. The van der Waals surface area contributed by atoms with Crippen molar-refractivity contribution in [2.75, 3.05) is 7.11 Å². The van der Waals surface area contributed by atoms with Crippen LogP contribution in [0.4, 0.5) is 4.39 Å². The van der Waals surface area contributed by atoms with Crippen LogP contribution in [0, 0.1) is 5.82 Å². The third-order valence-electron chi connectivity index (χ3n) is 7.54. The van der Waals surface area contributed by atoms with Crippen LogP contribution in [0.2, 0.25) is 0 Å². The maximum Gasteiger partial charge on any atom is 0.247 e. The summed E-state index contributed by atoms with van der Waals surface area (Å²) in [6.45, 7) is 0.121. The number of para-hydroxylation sites is 1. The van der Waals surface area contributed by atoms with Gasteiger partial charge in [0.15, 0.2) is 0 Å². The third-order valence-corrected chi connectivity index (χ3v) is 7.54. The van der Waals surface area contributed by atoms with Gasteiger partial charge in [-0.05, 0) is 48.2 Å². The maximum absolute atomic E-state index is 15.3. The highest BCUT2D eigenvalue weighted by molar-refractivity contribution is 5.92. The van der Waals surface area contributed by atoms with E-state index in [9.17, 15) is 9.59 Å². The van der Waals surface area contributed by atoms with E-state index in [4.69, 9.17) is 4.74 Å². The van der Waals surface area contributed by atoms with E-state index in [1.165, 1.54) is 11.0 Å². The van der Waals surface area contributed by atoms with Gasteiger partial charge in [-0.3, -0.25) is 9.59 Å². The minimum atomic E-state index is -1.13. The number of carbonyl (C=O) groups excluding carboxylic acids is 2. The molecule has 0 saturated heterocycles. The zero-order chi connectivity index (χ0) is 27.2. The van der Waals surface area contributed by atoms with Crippen molar-refractivity contribution in [1.29, 1.82) is 0 Å². The SMILES string of the molecule is COc1cccc(CN(C(=O)Cc2c[nH]c3ccccc23)[C@H](C(=O)NC2CCCCC2)c2ccccc2F)c1. The highest BCUT2D eigenvalue weighted by Gasteiger charge is 2.35. The van der Waals surface area contributed by atoms with E-state index in [1.807, 2.05) is 54.7 Å². The average Bonchev–Trinajstić information content (AvgIpc) is 3.37. The fourth-order valence-corrected chi connectivity index (χ4v) is 5.51. The molecule has 7 heteroatoms. The first-order valence-electron chi connectivity index (χ1n) is 13.6. The summed E-state index contributed by atoms with van der Waals surface area (Å²) in [4.78, 5) is 32.8. The summed E-state index contributed by atoms with van der Waals surface area (Å²) in [6, 6.07) is 20.3. The molecule has 0 radical (unpaired) electrons.